The molecule has 2 bridgehead atoms. The van der Waals surface area contributed by atoms with E-state index in [2.05, 4.69) is 17.1 Å². The molecule has 1 saturated heterocycles. The number of phenols is 1. The quantitative estimate of drug-likeness (QED) is 0.140. The number of nitrogens with one attached hydrogen (secondary N) is 1. The van der Waals surface area contributed by atoms with E-state index in [4.69, 9.17) is 4.74 Å². The molecular formula is C38H60N2O4. The summed E-state index contributed by atoms with van der Waals surface area (Å²) in [6.45, 7) is 4.30. The maximum atomic E-state index is 13.2. The zero-order valence-electron chi connectivity index (χ0n) is 27.6. The molecule has 5 atom stereocenters. The lowest BCUT2D eigenvalue weighted by molar-refractivity contribution is -0.192. The van der Waals surface area contributed by atoms with Crippen molar-refractivity contribution in [1.82, 2.24) is 10.2 Å². The summed E-state index contributed by atoms with van der Waals surface area (Å²) < 4.78 is 6.60. The lowest BCUT2D eigenvalue weighted by atomic mass is 9.48. The second-order valence-electron chi connectivity index (χ2n) is 15.2. The largest absolute Gasteiger partial charge is 0.504 e. The van der Waals surface area contributed by atoms with Crippen LogP contribution < -0.4 is 10.1 Å². The Morgan fingerprint density at radius 3 is 2.18 bits per heavy atom. The number of hydrogen-bond acceptors (Lipinski definition) is 5. The molecule has 0 unspecified atom stereocenters. The van der Waals surface area contributed by atoms with Crippen LogP contribution >= 0.6 is 0 Å². The van der Waals surface area contributed by atoms with Crippen LogP contribution in [0, 0.1) is 5.92 Å². The van der Waals surface area contributed by atoms with Crippen LogP contribution in [-0.4, -0.2) is 57.9 Å². The fraction of sp³-hybridized carbons (Fsp3) is 0.816. The number of unbranched alkanes of at least 4 members (excludes halogenated alkanes) is 14. The van der Waals surface area contributed by atoms with Crippen molar-refractivity contribution in [3.63, 3.8) is 0 Å². The number of carbonyl (C=O) groups is 1. The standard InChI is InChI=1S/C38H60N2O4/c1-2-3-4-5-6-7-8-9-10-11-12-13-14-15-16-17-33(42)39-30-22-23-38(43)32-26-29-20-21-31(41)35-34(29)37(38,36(30)44-35)24-25-40(32)27-28-18-19-28/h20-21,28,30,32,36,41,43H,2-19,22-27H2,1H3,(H,39,42)/t30-,32-,36+,37+,38-/m1/s1. The molecule has 3 fully saturated rings. The summed E-state index contributed by atoms with van der Waals surface area (Å²) in [7, 11) is 0. The molecule has 2 aliphatic heterocycles. The van der Waals surface area contributed by atoms with Crippen LogP contribution in [0.3, 0.4) is 0 Å². The first-order valence-electron chi connectivity index (χ1n) is 18.8. The van der Waals surface area contributed by atoms with Crippen molar-refractivity contribution >= 4 is 5.91 Å². The molecule has 6 heteroatoms. The maximum absolute atomic E-state index is 13.2. The number of hydrogen-bond donors (Lipinski definition) is 3. The molecular weight excluding hydrogens is 548 g/mol. The van der Waals surface area contributed by atoms with E-state index in [1.165, 1.54) is 102 Å². The summed E-state index contributed by atoms with van der Waals surface area (Å²) >= 11 is 0. The summed E-state index contributed by atoms with van der Waals surface area (Å²) in [5.41, 5.74) is 0.783. The number of phenolic OH excluding ortho intramolecular Hbond substituents is 1. The fourth-order valence-electron chi connectivity index (χ4n) is 9.57. The van der Waals surface area contributed by atoms with Crippen molar-refractivity contribution in [3.8, 4) is 11.5 Å². The normalized spacial score (nSPS) is 30.2. The number of amides is 1. The van der Waals surface area contributed by atoms with E-state index < -0.39 is 11.0 Å². The van der Waals surface area contributed by atoms with Gasteiger partial charge in [-0.15, -0.1) is 0 Å². The zero-order chi connectivity index (χ0) is 30.6. The van der Waals surface area contributed by atoms with Gasteiger partial charge in [0.05, 0.1) is 17.1 Å². The molecule has 44 heavy (non-hydrogen) atoms. The van der Waals surface area contributed by atoms with E-state index in [0.29, 0.717) is 25.0 Å². The molecule has 5 aliphatic rings. The predicted octanol–water partition coefficient (Wildman–Crippen LogP) is 7.70. The Hall–Kier alpha value is -1.79. The van der Waals surface area contributed by atoms with Gasteiger partial charge in [0.25, 0.3) is 0 Å². The highest BCUT2D eigenvalue weighted by atomic mass is 16.5. The average molecular weight is 609 g/mol. The van der Waals surface area contributed by atoms with Crippen LogP contribution in [0.25, 0.3) is 0 Å². The van der Waals surface area contributed by atoms with Gasteiger partial charge in [-0.1, -0.05) is 103 Å². The van der Waals surface area contributed by atoms with Crippen molar-refractivity contribution in [2.24, 2.45) is 5.92 Å². The van der Waals surface area contributed by atoms with Crippen molar-refractivity contribution in [1.29, 1.82) is 0 Å². The number of aromatic hydroxyl groups is 1. The number of likely N-dealkylation sites (tertiary alicyclic amines) is 1. The minimum Gasteiger partial charge on any atom is -0.504 e. The van der Waals surface area contributed by atoms with Gasteiger partial charge in [0.2, 0.25) is 5.91 Å². The minimum absolute atomic E-state index is 0.0721. The highest BCUT2D eigenvalue weighted by Gasteiger charge is 2.73. The Balaban J connectivity index is 0.943. The van der Waals surface area contributed by atoms with E-state index in [-0.39, 0.29) is 29.8 Å². The number of rotatable bonds is 19. The first-order valence-corrected chi connectivity index (χ1v) is 18.8. The number of nitrogens with zero attached hydrogens (tertiary/aromatic N) is 1. The predicted molar refractivity (Wildman–Crippen MR) is 176 cm³/mol. The van der Waals surface area contributed by atoms with Gasteiger partial charge in [-0.2, -0.15) is 0 Å². The molecule has 1 aromatic rings. The van der Waals surface area contributed by atoms with E-state index in [0.717, 1.165) is 50.3 Å². The van der Waals surface area contributed by atoms with Gasteiger partial charge in [0.15, 0.2) is 11.5 Å². The van der Waals surface area contributed by atoms with Gasteiger partial charge in [0, 0.05) is 24.6 Å². The summed E-state index contributed by atoms with van der Waals surface area (Å²) in [5, 5.41) is 26.8. The summed E-state index contributed by atoms with van der Waals surface area (Å²) in [5.74, 6) is 1.60. The van der Waals surface area contributed by atoms with Crippen LogP contribution in [0.1, 0.15) is 153 Å². The molecule has 6 nitrogen and oxygen atoms in total. The Morgan fingerprint density at radius 2 is 1.55 bits per heavy atom. The molecule has 2 heterocycles. The van der Waals surface area contributed by atoms with Crippen molar-refractivity contribution < 1.29 is 19.7 Å². The van der Waals surface area contributed by atoms with Gasteiger partial charge in [0.1, 0.15) is 6.10 Å². The molecule has 3 N–H and O–H groups in total. The summed E-state index contributed by atoms with van der Waals surface area (Å²) in [6, 6.07) is 3.74. The van der Waals surface area contributed by atoms with Gasteiger partial charge < -0.3 is 20.3 Å². The number of aliphatic hydroxyl groups is 1. The van der Waals surface area contributed by atoms with Gasteiger partial charge in [-0.25, -0.2) is 0 Å². The lowest BCUT2D eigenvalue weighted by Gasteiger charge is -2.64. The van der Waals surface area contributed by atoms with E-state index in [9.17, 15) is 15.0 Å². The zero-order valence-corrected chi connectivity index (χ0v) is 27.6. The van der Waals surface area contributed by atoms with E-state index >= 15 is 0 Å². The molecule has 1 amide bonds. The third-order valence-corrected chi connectivity index (χ3v) is 12.1. The number of ether oxygens (including phenoxy) is 1. The highest BCUT2D eigenvalue weighted by Crippen LogP contribution is 2.65. The minimum atomic E-state index is -0.897. The third-order valence-electron chi connectivity index (χ3n) is 12.1. The first kappa shape index (κ1) is 32.2. The molecule has 246 valence electrons. The molecule has 2 saturated carbocycles. The topological polar surface area (TPSA) is 82.0 Å². The molecule has 1 aromatic carbocycles. The smallest absolute Gasteiger partial charge is 0.220 e. The number of carbonyl (C=O) groups excluding carboxylic acids is 1. The van der Waals surface area contributed by atoms with Crippen LogP contribution in [0.5, 0.6) is 11.5 Å². The highest BCUT2D eigenvalue weighted by molar-refractivity contribution is 5.76. The summed E-state index contributed by atoms with van der Waals surface area (Å²) in [6.07, 6.45) is 25.6. The van der Waals surface area contributed by atoms with Crippen molar-refractivity contribution in [3.05, 3.63) is 23.3 Å². The average Bonchev–Trinajstić information content (AvgIpc) is 3.76. The SMILES string of the molecule is CCCCCCCCCCCCCCCCCC(=O)N[C@@H]1CC[C@@]2(O)[C@H]3Cc4ccc(O)c5c4[C@@]2(CCN3CC2CC2)[C@H]1O5. The van der Waals surface area contributed by atoms with Crippen molar-refractivity contribution in [2.75, 3.05) is 13.1 Å². The molecule has 0 aromatic heterocycles. The van der Waals surface area contributed by atoms with Gasteiger partial charge in [-0.05, 0) is 69.0 Å². The van der Waals surface area contributed by atoms with Gasteiger partial charge >= 0.3 is 0 Å². The van der Waals surface area contributed by atoms with Crippen LogP contribution in [0.15, 0.2) is 12.1 Å². The fourth-order valence-corrected chi connectivity index (χ4v) is 9.57. The molecule has 1 spiro atoms. The molecule has 0 radical (unpaired) electrons. The Labute approximate surface area is 266 Å². The lowest BCUT2D eigenvalue weighted by Crippen LogP contribution is -2.78. The van der Waals surface area contributed by atoms with E-state index in [1.54, 1.807) is 6.07 Å². The monoisotopic (exact) mass is 608 g/mol. The Bertz CT molecular complexity index is 1120. The Morgan fingerprint density at radius 1 is 0.909 bits per heavy atom. The van der Waals surface area contributed by atoms with Crippen LogP contribution in [-0.2, 0) is 16.6 Å². The second kappa shape index (κ2) is 14.3. The maximum Gasteiger partial charge on any atom is 0.220 e. The van der Waals surface area contributed by atoms with Crippen molar-refractivity contribution in [2.45, 2.75) is 177 Å². The number of piperidine rings is 1. The van der Waals surface area contributed by atoms with E-state index in [1.807, 2.05) is 6.07 Å². The van der Waals surface area contributed by atoms with Crippen LogP contribution in [0.4, 0.5) is 0 Å². The molecule has 6 rings (SSSR count). The molecule has 3 aliphatic carbocycles. The van der Waals surface area contributed by atoms with Crippen LogP contribution in [0.2, 0.25) is 0 Å². The second-order valence-corrected chi connectivity index (χ2v) is 15.2. The Kier molecular flexibility index (Phi) is 10.5. The first-order chi connectivity index (χ1) is 21.5. The third kappa shape index (κ3) is 6.41. The van der Waals surface area contributed by atoms with Gasteiger partial charge in [-0.3, -0.25) is 9.69 Å². The number of benzene rings is 1. The summed E-state index contributed by atoms with van der Waals surface area (Å²) in [4.78, 5) is 15.7.